The van der Waals surface area contributed by atoms with E-state index in [1.54, 1.807) is 25.1 Å². The zero-order valence-corrected chi connectivity index (χ0v) is 8.93. The second kappa shape index (κ2) is 4.82. The summed E-state index contributed by atoms with van der Waals surface area (Å²) in [6.45, 7) is 3.71. The lowest BCUT2D eigenvalue weighted by atomic mass is 10.2. The zero-order chi connectivity index (χ0) is 10.6. The number of hydrogen-bond acceptors (Lipinski definition) is 1. The van der Waals surface area contributed by atoms with Gasteiger partial charge >= 0.3 is 0 Å². The number of amides is 1. The molecule has 1 rings (SSSR count). The van der Waals surface area contributed by atoms with E-state index in [1.807, 2.05) is 13.0 Å². The van der Waals surface area contributed by atoms with Crippen molar-refractivity contribution in [3.63, 3.8) is 0 Å². The molecule has 0 aliphatic carbocycles. The molecule has 1 aromatic rings. The molecule has 0 aliphatic rings. The van der Waals surface area contributed by atoms with Crippen LogP contribution in [-0.4, -0.2) is 5.91 Å². The number of carbonyl (C=O) groups excluding carboxylic acids is 1. The van der Waals surface area contributed by atoms with Crippen molar-refractivity contribution < 1.29 is 4.79 Å². The second-order valence-electron chi connectivity index (χ2n) is 2.95. The zero-order valence-electron chi connectivity index (χ0n) is 8.17. The highest BCUT2D eigenvalue weighted by molar-refractivity contribution is 6.31. The van der Waals surface area contributed by atoms with Crippen molar-refractivity contribution in [2.75, 3.05) is 5.32 Å². The van der Waals surface area contributed by atoms with Crippen molar-refractivity contribution in [1.29, 1.82) is 0 Å². The number of hydrogen-bond donors (Lipinski definition) is 1. The van der Waals surface area contributed by atoms with E-state index in [1.165, 1.54) is 6.08 Å². The van der Waals surface area contributed by atoms with Gasteiger partial charge in [0.2, 0.25) is 5.91 Å². The topological polar surface area (TPSA) is 29.1 Å². The van der Waals surface area contributed by atoms with Crippen LogP contribution in [0.2, 0.25) is 5.02 Å². The molecule has 0 atom stereocenters. The molecule has 1 aromatic carbocycles. The first kappa shape index (κ1) is 10.8. The number of halogens is 1. The highest BCUT2D eigenvalue weighted by atomic mass is 35.5. The highest BCUT2D eigenvalue weighted by Gasteiger charge is 2.01. The third-order valence-electron chi connectivity index (χ3n) is 1.78. The second-order valence-corrected chi connectivity index (χ2v) is 3.38. The molecule has 14 heavy (non-hydrogen) atoms. The average molecular weight is 210 g/mol. The Hall–Kier alpha value is -1.28. The van der Waals surface area contributed by atoms with Gasteiger partial charge in [-0.3, -0.25) is 4.79 Å². The fourth-order valence-corrected chi connectivity index (χ4v) is 1.23. The van der Waals surface area contributed by atoms with E-state index in [2.05, 4.69) is 5.32 Å². The van der Waals surface area contributed by atoms with Crippen molar-refractivity contribution in [2.24, 2.45) is 0 Å². The van der Waals surface area contributed by atoms with Crippen molar-refractivity contribution in [3.05, 3.63) is 40.9 Å². The van der Waals surface area contributed by atoms with Crippen LogP contribution in [0, 0.1) is 6.92 Å². The minimum Gasteiger partial charge on any atom is -0.322 e. The maximum Gasteiger partial charge on any atom is 0.248 e. The number of anilines is 1. The van der Waals surface area contributed by atoms with Gasteiger partial charge in [0.15, 0.2) is 0 Å². The van der Waals surface area contributed by atoms with Crippen LogP contribution in [-0.2, 0) is 4.79 Å². The standard InChI is InChI=1S/C11H12ClNO/c1-3-4-11(14)13-10-7-9(12)6-5-8(10)2/h3-7H,1-2H3,(H,13,14). The maximum atomic E-state index is 11.2. The summed E-state index contributed by atoms with van der Waals surface area (Å²) in [7, 11) is 0. The molecule has 0 aliphatic heterocycles. The molecular weight excluding hydrogens is 198 g/mol. The normalized spacial score (nSPS) is 10.5. The Morgan fingerprint density at radius 3 is 2.86 bits per heavy atom. The summed E-state index contributed by atoms with van der Waals surface area (Å²) in [6, 6.07) is 5.40. The third kappa shape index (κ3) is 2.89. The average Bonchev–Trinajstić information content (AvgIpc) is 2.12. The predicted octanol–water partition coefficient (Wildman–Crippen LogP) is 3.16. The lowest BCUT2D eigenvalue weighted by molar-refractivity contribution is -0.111. The van der Waals surface area contributed by atoms with Gasteiger partial charge < -0.3 is 5.32 Å². The summed E-state index contributed by atoms with van der Waals surface area (Å²) in [6.07, 6.45) is 3.16. The third-order valence-corrected chi connectivity index (χ3v) is 2.01. The lowest BCUT2D eigenvalue weighted by Crippen LogP contribution is -2.08. The largest absolute Gasteiger partial charge is 0.322 e. The van der Waals surface area contributed by atoms with Crippen LogP contribution < -0.4 is 5.32 Å². The molecule has 0 saturated carbocycles. The highest BCUT2D eigenvalue weighted by Crippen LogP contribution is 2.19. The van der Waals surface area contributed by atoms with Crippen molar-refractivity contribution in [1.82, 2.24) is 0 Å². The summed E-state index contributed by atoms with van der Waals surface area (Å²) >= 11 is 5.81. The summed E-state index contributed by atoms with van der Waals surface area (Å²) in [5.74, 6) is -0.141. The Morgan fingerprint density at radius 2 is 2.21 bits per heavy atom. The molecule has 0 spiro atoms. The van der Waals surface area contributed by atoms with Crippen molar-refractivity contribution >= 4 is 23.2 Å². The molecule has 0 aromatic heterocycles. The van der Waals surface area contributed by atoms with E-state index >= 15 is 0 Å². The van der Waals surface area contributed by atoms with E-state index in [9.17, 15) is 4.79 Å². The fraction of sp³-hybridized carbons (Fsp3) is 0.182. The number of allylic oxidation sites excluding steroid dienone is 1. The molecule has 0 bridgehead atoms. The van der Waals surface area contributed by atoms with Crippen LogP contribution in [0.25, 0.3) is 0 Å². The van der Waals surface area contributed by atoms with Gasteiger partial charge in [0.25, 0.3) is 0 Å². The first-order valence-electron chi connectivity index (χ1n) is 4.33. The van der Waals surface area contributed by atoms with Gasteiger partial charge in [0.1, 0.15) is 0 Å². The Morgan fingerprint density at radius 1 is 1.50 bits per heavy atom. The summed E-state index contributed by atoms with van der Waals surface area (Å²) < 4.78 is 0. The molecule has 0 fully saturated rings. The van der Waals surface area contributed by atoms with E-state index < -0.39 is 0 Å². The molecule has 3 heteroatoms. The minimum atomic E-state index is -0.141. The number of carbonyl (C=O) groups is 1. The van der Waals surface area contributed by atoms with Gasteiger partial charge in [-0.1, -0.05) is 23.7 Å². The molecule has 1 N–H and O–H groups in total. The molecule has 0 saturated heterocycles. The summed E-state index contributed by atoms with van der Waals surface area (Å²) in [4.78, 5) is 11.2. The molecule has 2 nitrogen and oxygen atoms in total. The van der Waals surface area contributed by atoms with Gasteiger partial charge in [-0.05, 0) is 37.6 Å². The predicted molar refractivity (Wildman–Crippen MR) is 59.6 cm³/mol. The SMILES string of the molecule is CC=CC(=O)Nc1cc(Cl)ccc1C. The smallest absolute Gasteiger partial charge is 0.248 e. The number of benzene rings is 1. The number of nitrogens with one attached hydrogen (secondary N) is 1. The lowest BCUT2D eigenvalue weighted by Gasteiger charge is -2.06. The first-order chi connectivity index (χ1) is 6.63. The van der Waals surface area contributed by atoms with Gasteiger partial charge in [0.05, 0.1) is 0 Å². The van der Waals surface area contributed by atoms with Crippen LogP contribution in [0.5, 0.6) is 0 Å². The van der Waals surface area contributed by atoms with Gasteiger partial charge in [-0.25, -0.2) is 0 Å². The van der Waals surface area contributed by atoms with E-state index in [-0.39, 0.29) is 5.91 Å². The molecule has 0 unspecified atom stereocenters. The summed E-state index contributed by atoms with van der Waals surface area (Å²) in [5.41, 5.74) is 1.74. The Bertz CT molecular complexity index is 372. The summed E-state index contributed by atoms with van der Waals surface area (Å²) in [5, 5.41) is 3.36. The van der Waals surface area contributed by atoms with Crippen molar-refractivity contribution in [3.8, 4) is 0 Å². The maximum absolute atomic E-state index is 11.2. The molecular formula is C11H12ClNO. The first-order valence-corrected chi connectivity index (χ1v) is 4.71. The fourth-order valence-electron chi connectivity index (χ4n) is 1.05. The Kier molecular flexibility index (Phi) is 3.72. The van der Waals surface area contributed by atoms with E-state index in [0.717, 1.165) is 11.3 Å². The van der Waals surface area contributed by atoms with Gasteiger partial charge in [-0.2, -0.15) is 0 Å². The van der Waals surface area contributed by atoms with Gasteiger partial charge in [0, 0.05) is 10.7 Å². The Labute approximate surface area is 88.6 Å². The van der Waals surface area contributed by atoms with Crippen molar-refractivity contribution in [2.45, 2.75) is 13.8 Å². The minimum absolute atomic E-state index is 0.141. The molecule has 74 valence electrons. The van der Waals surface area contributed by atoms with Crippen LogP contribution in [0.3, 0.4) is 0 Å². The van der Waals surface area contributed by atoms with Gasteiger partial charge in [-0.15, -0.1) is 0 Å². The van der Waals surface area contributed by atoms with Crippen LogP contribution in [0.1, 0.15) is 12.5 Å². The molecule has 1 amide bonds. The van der Waals surface area contributed by atoms with Crippen LogP contribution in [0.15, 0.2) is 30.4 Å². The molecule has 0 heterocycles. The number of aryl methyl sites for hydroxylation is 1. The van der Waals surface area contributed by atoms with E-state index in [0.29, 0.717) is 5.02 Å². The van der Waals surface area contributed by atoms with Crippen LogP contribution >= 0.6 is 11.6 Å². The van der Waals surface area contributed by atoms with Crippen LogP contribution in [0.4, 0.5) is 5.69 Å². The number of rotatable bonds is 2. The van der Waals surface area contributed by atoms with E-state index in [4.69, 9.17) is 11.6 Å². The monoisotopic (exact) mass is 209 g/mol. The Balaban J connectivity index is 2.85. The quantitative estimate of drug-likeness (QED) is 0.745. The molecule has 0 radical (unpaired) electrons.